The maximum Gasteiger partial charge on any atom is 0.334 e. The topological polar surface area (TPSA) is 75.5 Å². The van der Waals surface area contributed by atoms with Crippen LogP contribution < -0.4 is 4.74 Å². The van der Waals surface area contributed by atoms with Crippen LogP contribution in [0.3, 0.4) is 0 Å². The van der Waals surface area contributed by atoms with Crippen molar-refractivity contribution < 1.29 is 18.4 Å². The summed E-state index contributed by atoms with van der Waals surface area (Å²) in [5.74, 6) is 0.285. The van der Waals surface area contributed by atoms with Crippen LogP contribution in [0.15, 0.2) is 42.5 Å². The van der Waals surface area contributed by atoms with Crippen molar-refractivity contribution in [2.45, 2.75) is 78.3 Å². The first-order valence-electron chi connectivity index (χ1n) is 12.6. The zero-order valence-corrected chi connectivity index (χ0v) is 23.0. The van der Waals surface area contributed by atoms with Crippen molar-refractivity contribution >= 4 is 25.6 Å². The molecule has 7 nitrogen and oxygen atoms in total. The highest BCUT2D eigenvalue weighted by atomic mass is 28.4. The lowest BCUT2D eigenvalue weighted by atomic mass is 9.86. The number of fused-ring (bicyclic) bond motifs is 1. The van der Waals surface area contributed by atoms with Crippen LogP contribution >= 0.6 is 0 Å². The summed E-state index contributed by atoms with van der Waals surface area (Å²) in [4.78, 5) is 14.5. The van der Waals surface area contributed by atoms with Crippen molar-refractivity contribution in [1.29, 1.82) is 0 Å². The van der Waals surface area contributed by atoms with Crippen LogP contribution in [-0.2, 0) is 19.1 Å². The molecular formula is C27H39N3O4Si. The van der Waals surface area contributed by atoms with Gasteiger partial charge in [-0.3, -0.25) is 4.79 Å². The van der Waals surface area contributed by atoms with Crippen molar-refractivity contribution in [2.75, 3.05) is 13.2 Å². The van der Waals surface area contributed by atoms with Crippen LogP contribution in [0, 0.1) is 0 Å². The number of aromatic nitrogens is 3. The molecule has 35 heavy (non-hydrogen) atoms. The zero-order chi connectivity index (χ0) is 25.5. The van der Waals surface area contributed by atoms with Gasteiger partial charge < -0.3 is 13.6 Å². The molecule has 0 amide bonds. The fraction of sp³-hybridized carbons (Fsp3) is 0.519. The number of nitrogens with zero attached hydrogens (tertiary/aromatic N) is 3. The number of hydrogen-bond donors (Lipinski definition) is 0. The number of esters is 1. The monoisotopic (exact) mass is 497 g/mol. The highest BCUT2D eigenvalue weighted by Crippen LogP contribution is 2.36. The summed E-state index contributed by atoms with van der Waals surface area (Å²) < 4.78 is 17.8. The number of unbranched alkanes of at least 4 members (excludes halogenated alkanes) is 2. The van der Waals surface area contributed by atoms with E-state index in [2.05, 4.69) is 37.5 Å². The molecule has 0 radical (unpaired) electrons. The lowest BCUT2D eigenvalue weighted by molar-refractivity contribution is -0.134. The van der Waals surface area contributed by atoms with Gasteiger partial charge in [-0.1, -0.05) is 57.9 Å². The summed E-state index contributed by atoms with van der Waals surface area (Å²) in [6, 6.07) is 14.5. The Kier molecular flexibility index (Phi) is 9.21. The smallest absolute Gasteiger partial charge is 0.334 e. The molecule has 1 aromatic heterocycles. The predicted molar refractivity (Wildman–Crippen MR) is 141 cm³/mol. The molecule has 0 aliphatic rings. The van der Waals surface area contributed by atoms with Gasteiger partial charge in [0.25, 0.3) is 0 Å². The third-order valence-electron chi connectivity index (χ3n) is 5.93. The molecule has 0 aliphatic carbocycles. The second kappa shape index (κ2) is 11.9. The molecule has 2 aromatic carbocycles. The molecule has 1 heterocycles. The van der Waals surface area contributed by atoms with Crippen molar-refractivity contribution in [3.05, 3.63) is 48.0 Å². The first-order valence-corrected chi connectivity index (χ1v) is 15.1. The number of carbonyl (C=O) groups excluding carboxylic acids is 1. The van der Waals surface area contributed by atoms with Gasteiger partial charge in [-0.25, -0.2) is 0 Å². The van der Waals surface area contributed by atoms with Gasteiger partial charge in [-0.05, 0) is 56.5 Å². The molecule has 0 spiro atoms. The molecule has 3 rings (SSSR count). The lowest BCUT2D eigenvalue weighted by Crippen LogP contribution is -2.38. The normalized spacial score (nSPS) is 12.3. The predicted octanol–water partition coefficient (Wildman–Crippen LogP) is 6.33. The third-order valence-corrected chi connectivity index (χ3v) is 8.99. The number of ether oxygens (including phenoxy) is 1. The van der Waals surface area contributed by atoms with E-state index in [4.69, 9.17) is 13.6 Å². The second-order valence-corrected chi connectivity index (χ2v) is 13.3. The minimum atomic E-state index is -2.11. The minimum Gasteiger partial charge on any atom is -0.424 e. The Bertz CT molecular complexity index is 1080. The molecule has 3 aromatic rings. The van der Waals surface area contributed by atoms with Crippen molar-refractivity contribution in [3.63, 3.8) is 0 Å². The Morgan fingerprint density at radius 3 is 2.11 bits per heavy atom. The Morgan fingerprint density at radius 2 is 1.54 bits per heavy atom. The molecule has 0 bridgehead atoms. The summed E-state index contributed by atoms with van der Waals surface area (Å²) in [7, 11) is -2.11. The number of carbonyl (C=O) groups is 1. The van der Waals surface area contributed by atoms with E-state index in [1.165, 1.54) is 0 Å². The van der Waals surface area contributed by atoms with E-state index in [-0.39, 0.29) is 11.4 Å². The van der Waals surface area contributed by atoms with E-state index in [1.54, 1.807) is 4.80 Å². The Hall–Kier alpha value is -2.55. The fourth-order valence-electron chi connectivity index (χ4n) is 4.20. The molecule has 0 fully saturated rings. The number of para-hydroxylation sites is 1. The van der Waals surface area contributed by atoms with Gasteiger partial charge >= 0.3 is 14.5 Å². The first kappa shape index (κ1) is 27.0. The number of benzene rings is 2. The molecule has 0 N–H and O–H groups in total. The molecule has 0 saturated carbocycles. The lowest BCUT2D eigenvalue weighted by Gasteiger charge is -2.25. The Morgan fingerprint density at radius 1 is 0.914 bits per heavy atom. The minimum absolute atomic E-state index is 0.216. The average molecular weight is 498 g/mol. The van der Waals surface area contributed by atoms with Crippen LogP contribution in [-0.4, -0.2) is 42.7 Å². The third kappa shape index (κ3) is 7.22. The Balaban J connectivity index is 1.70. The molecule has 0 unspecified atom stereocenters. The van der Waals surface area contributed by atoms with Crippen molar-refractivity contribution in [1.82, 2.24) is 15.0 Å². The Labute approximate surface area is 210 Å². The van der Waals surface area contributed by atoms with Gasteiger partial charge in [-0.15, -0.1) is 15.0 Å². The molecule has 0 aliphatic heterocycles. The SMILES string of the molecule is CCO[Si](C)(CCCCCC(=O)Oc1c(-n2nc3ccccc3n2)cccc1C(C)(C)C)OCC. The molecule has 0 saturated heterocycles. The van der Waals surface area contributed by atoms with E-state index >= 15 is 0 Å². The van der Waals surface area contributed by atoms with Gasteiger partial charge in [-0.2, -0.15) is 0 Å². The summed E-state index contributed by atoms with van der Waals surface area (Å²) in [5.41, 5.74) is 2.98. The number of hydrogen-bond acceptors (Lipinski definition) is 6. The van der Waals surface area contributed by atoms with Gasteiger partial charge in [0.1, 0.15) is 16.7 Å². The first-order chi connectivity index (χ1) is 16.7. The van der Waals surface area contributed by atoms with E-state index in [0.29, 0.717) is 31.1 Å². The van der Waals surface area contributed by atoms with E-state index < -0.39 is 8.56 Å². The van der Waals surface area contributed by atoms with Gasteiger partial charge in [0.05, 0.1) is 0 Å². The van der Waals surface area contributed by atoms with Crippen LogP contribution in [0.5, 0.6) is 5.75 Å². The van der Waals surface area contributed by atoms with Crippen LogP contribution in [0.1, 0.15) is 65.9 Å². The van der Waals surface area contributed by atoms with Crippen LogP contribution in [0.25, 0.3) is 16.7 Å². The maximum atomic E-state index is 12.9. The molecule has 190 valence electrons. The summed E-state index contributed by atoms with van der Waals surface area (Å²) in [5, 5.41) is 9.22. The fourth-order valence-corrected chi connectivity index (χ4v) is 6.69. The maximum absolute atomic E-state index is 12.9. The van der Waals surface area contributed by atoms with Gasteiger partial charge in [0.15, 0.2) is 5.75 Å². The quantitative estimate of drug-likeness (QED) is 0.126. The largest absolute Gasteiger partial charge is 0.424 e. The molecule has 0 atom stereocenters. The van der Waals surface area contributed by atoms with Gasteiger partial charge in [0.2, 0.25) is 0 Å². The summed E-state index contributed by atoms with van der Waals surface area (Å²) in [6.45, 7) is 13.8. The van der Waals surface area contributed by atoms with E-state index in [1.807, 2.05) is 56.3 Å². The summed E-state index contributed by atoms with van der Waals surface area (Å²) in [6.07, 6.45) is 3.02. The highest BCUT2D eigenvalue weighted by molar-refractivity contribution is 6.66. The number of rotatable bonds is 12. The zero-order valence-electron chi connectivity index (χ0n) is 22.0. The molecular weight excluding hydrogens is 458 g/mol. The van der Waals surface area contributed by atoms with Crippen molar-refractivity contribution in [2.24, 2.45) is 0 Å². The van der Waals surface area contributed by atoms with Crippen LogP contribution in [0.2, 0.25) is 12.6 Å². The second-order valence-electron chi connectivity index (χ2n) is 9.92. The average Bonchev–Trinajstić information content (AvgIpc) is 3.22. The van der Waals surface area contributed by atoms with Crippen LogP contribution in [0.4, 0.5) is 0 Å². The van der Waals surface area contributed by atoms with E-state index in [9.17, 15) is 4.79 Å². The van der Waals surface area contributed by atoms with E-state index in [0.717, 1.165) is 41.9 Å². The standard InChI is InChI=1S/C27H39N3O4Si/c1-7-32-35(6,33-8-2)20-13-9-10-19-25(31)34-26-21(27(3,4)5)15-14-18-24(26)30-28-22-16-11-12-17-23(22)29-30/h11-12,14-18H,7-10,13,19-20H2,1-6H3. The van der Waals surface area contributed by atoms with Crippen molar-refractivity contribution in [3.8, 4) is 11.4 Å². The molecule has 8 heteroatoms. The highest BCUT2D eigenvalue weighted by Gasteiger charge is 2.30. The summed E-state index contributed by atoms with van der Waals surface area (Å²) >= 11 is 0. The van der Waals surface area contributed by atoms with Gasteiger partial charge in [0, 0.05) is 25.2 Å².